The van der Waals surface area contributed by atoms with Gasteiger partial charge in [-0.15, -0.1) is 10.2 Å². The number of hydrogen-bond acceptors (Lipinski definition) is 5. The number of carbonyl (C=O) groups is 1. The van der Waals surface area contributed by atoms with Crippen LogP contribution in [0.3, 0.4) is 0 Å². The highest BCUT2D eigenvalue weighted by atomic mass is 32.2. The second-order valence-electron chi connectivity index (χ2n) is 4.23. The summed E-state index contributed by atoms with van der Waals surface area (Å²) in [7, 11) is 1.84. The third kappa shape index (κ3) is 2.95. The first-order valence-electron chi connectivity index (χ1n) is 5.72. The van der Waals surface area contributed by atoms with Crippen LogP contribution in [0.25, 0.3) is 0 Å². The third-order valence-electron chi connectivity index (χ3n) is 2.87. The van der Waals surface area contributed by atoms with Crippen molar-refractivity contribution in [3.63, 3.8) is 0 Å². The van der Waals surface area contributed by atoms with Gasteiger partial charge in [0.2, 0.25) is 0 Å². The topological polar surface area (TPSA) is 96.7 Å². The lowest BCUT2D eigenvalue weighted by molar-refractivity contribution is -0.133. The summed E-state index contributed by atoms with van der Waals surface area (Å²) in [6, 6.07) is 0. The third-order valence-corrected chi connectivity index (χ3v) is 3.87. The Hall–Kier alpha value is -1.83. The Morgan fingerprint density at radius 3 is 2.74 bits per heavy atom. The van der Waals surface area contributed by atoms with Gasteiger partial charge >= 0.3 is 5.97 Å². The number of aromatic nitrogens is 5. The SMILES string of the molecule is Cc1n[nH]c(C)c1Cc1nnc(SCC(=O)O)n1C. The smallest absolute Gasteiger partial charge is 0.313 e. The van der Waals surface area contributed by atoms with E-state index in [4.69, 9.17) is 5.11 Å². The number of thioether (sulfide) groups is 1. The molecule has 102 valence electrons. The molecule has 0 aliphatic carbocycles. The molecule has 2 heterocycles. The van der Waals surface area contributed by atoms with E-state index in [1.54, 1.807) is 0 Å². The van der Waals surface area contributed by atoms with Crippen molar-refractivity contribution in [1.29, 1.82) is 0 Å². The number of nitrogens with one attached hydrogen (secondary N) is 1. The van der Waals surface area contributed by atoms with Crippen molar-refractivity contribution >= 4 is 17.7 Å². The fourth-order valence-electron chi connectivity index (χ4n) is 1.74. The molecule has 8 heteroatoms. The predicted octanol–water partition coefficient (Wildman–Crippen LogP) is 0.923. The zero-order valence-electron chi connectivity index (χ0n) is 11.0. The summed E-state index contributed by atoms with van der Waals surface area (Å²) in [5, 5.41) is 24.5. The lowest BCUT2D eigenvalue weighted by Gasteiger charge is -2.03. The molecular formula is C11H15N5O2S. The molecule has 2 aromatic heterocycles. The van der Waals surface area contributed by atoms with E-state index in [0.29, 0.717) is 11.6 Å². The molecule has 2 rings (SSSR count). The van der Waals surface area contributed by atoms with E-state index in [0.717, 1.165) is 34.5 Å². The van der Waals surface area contributed by atoms with Gasteiger partial charge in [0, 0.05) is 24.7 Å². The highest BCUT2D eigenvalue weighted by Crippen LogP contribution is 2.19. The second-order valence-corrected chi connectivity index (χ2v) is 5.17. The van der Waals surface area contributed by atoms with Crippen molar-refractivity contribution in [3.8, 4) is 0 Å². The van der Waals surface area contributed by atoms with Crippen LogP contribution >= 0.6 is 11.8 Å². The Bertz CT molecular complexity index is 585. The average Bonchev–Trinajstić information content (AvgIpc) is 2.85. The highest BCUT2D eigenvalue weighted by Gasteiger charge is 2.14. The second kappa shape index (κ2) is 5.43. The lowest BCUT2D eigenvalue weighted by atomic mass is 10.1. The first kappa shape index (κ1) is 13.6. The van der Waals surface area contributed by atoms with Gasteiger partial charge in [0.1, 0.15) is 5.82 Å². The molecule has 19 heavy (non-hydrogen) atoms. The Morgan fingerprint density at radius 1 is 1.42 bits per heavy atom. The van der Waals surface area contributed by atoms with E-state index < -0.39 is 5.97 Å². The number of carboxylic acids is 1. The molecule has 2 N–H and O–H groups in total. The Labute approximate surface area is 114 Å². The van der Waals surface area contributed by atoms with Crippen molar-refractivity contribution in [2.24, 2.45) is 7.05 Å². The van der Waals surface area contributed by atoms with E-state index in [1.807, 2.05) is 25.5 Å². The molecule has 0 saturated carbocycles. The van der Waals surface area contributed by atoms with Crippen LogP contribution in [0, 0.1) is 13.8 Å². The first-order chi connectivity index (χ1) is 8.99. The molecule has 0 unspecified atom stereocenters. The molecule has 0 spiro atoms. The predicted molar refractivity (Wildman–Crippen MR) is 70.2 cm³/mol. The summed E-state index contributed by atoms with van der Waals surface area (Å²) < 4.78 is 1.82. The fraction of sp³-hybridized carbons (Fsp3) is 0.455. The van der Waals surface area contributed by atoms with Crippen molar-refractivity contribution in [2.45, 2.75) is 25.4 Å². The molecule has 0 radical (unpaired) electrons. The number of nitrogens with zero attached hydrogens (tertiary/aromatic N) is 4. The Balaban J connectivity index is 2.16. The van der Waals surface area contributed by atoms with Crippen LogP contribution in [0.15, 0.2) is 5.16 Å². The van der Waals surface area contributed by atoms with Crippen LogP contribution in [0.2, 0.25) is 0 Å². The fourth-order valence-corrected chi connectivity index (χ4v) is 2.39. The normalized spacial score (nSPS) is 10.9. The molecular weight excluding hydrogens is 266 g/mol. The number of aryl methyl sites for hydroxylation is 2. The van der Waals surface area contributed by atoms with Crippen molar-refractivity contribution in [2.75, 3.05) is 5.75 Å². The van der Waals surface area contributed by atoms with Crippen molar-refractivity contribution in [3.05, 3.63) is 22.8 Å². The summed E-state index contributed by atoms with van der Waals surface area (Å²) in [5.41, 5.74) is 3.06. The van der Waals surface area contributed by atoms with Crippen LogP contribution in [-0.4, -0.2) is 41.8 Å². The van der Waals surface area contributed by atoms with Gasteiger partial charge in [-0.2, -0.15) is 5.10 Å². The Kier molecular flexibility index (Phi) is 3.89. The molecule has 7 nitrogen and oxygen atoms in total. The monoisotopic (exact) mass is 281 g/mol. The van der Waals surface area contributed by atoms with Crippen LogP contribution in [0.4, 0.5) is 0 Å². The molecule has 0 bridgehead atoms. The maximum absolute atomic E-state index is 10.5. The van der Waals surface area contributed by atoms with Crippen LogP contribution in [-0.2, 0) is 18.3 Å². The number of aromatic amines is 1. The van der Waals surface area contributed by atoms with E-state index in [9.17, 15) is 4.79 Å². The average molecular weight is 281 g/mol. The summed E-state index contributed by atoms with van der Waals surface area (Å²) in [6.07, 6.45) is 0.630. The van der Waals surface area contributed by atoms with Gasteiger partial charge in [-0.3, -0.25) is 9.89 Å². The molecule has 0 aliphatic rings. The zero-order chi connectivity index (χ0) is 14.0. The Morgan fingerprint density at radius 2 is 2.16 bits per heavy atom. The lowest BCUT2D eigenvalue weighted by Crippen LogP contribution is -2.03. The zero-order valence-corrected chi connectivity index (χ0v) is 11.8. The van der Waals surface area contributed by atoms with Gasteiger partial charge < -0.3 is 9.67 Å². The van der Waals surface area contributed by atoms with E-state index in [-0.39, 0.29) is 5.75 Å². The van der Waals surface area contributed by atoms with Gasteiger partial charge in [-0.1, -0.05) is 11.8 Å². The number of H-pyrrole nitrogens is 1. The molecule has 2 aromatic rings. The van der Waals surface area contributed by atoms with E-state index >= 15 is 0 Å². The van der Waals surface area contributed by atoms with Crippen LogP contribution in [0.5, 0.6) is 0 Å². The first-order valence-corrected chi connectivity index (χ1v) is 6.71. The molecule has 0 saturated heterocycles. The van der Waals surface area contributed by atoms with Gasteiger partial charge in [0.25, 0.3) is 0 Å². The molecule has 0 aliphatic heterocycles. The van der Waals surface area contributed by atoms with Crippen molar-refractivity contribution < 1.29 is 9.90 Å². The summed E-state index contributed by atoms with van der Waals surface area (Å²) in [4.78, 5) is 10.5. The summed E-state index contributed by atoms with van der Waals surface area (Å²) in [5.74, 6) is -0.0907. The number of rotatable bonds is 5. The minimum absolute atomic E-state index is 0.0181. The summed E-state index contributed by atoms with van der Waals surface area (Å²) in [6.45, 7) is 3.90. The minimum atomic E-state index is -0.865. The highest BCUT2D eigenvalue weighted by molar-refractivity contribution is 7.99. The molecule has 0 aromatic carbocycles. The van der Waals surface area contributed by atoms with Gasteiger partial charge in [-0.25, -0.2) is 0 Å². The van der Waals surface area contributed by atoms with E-state index in [2.05, 4.69) is 20.4 Å². The molecule has 0 atom stereocenters. The van der Waals surface area contributed by atoms with Crippen molar-refractivity contribution in [1.82, 2.24) is 25.0 Å². The van der Waals surface area contributed by atoms with Crippen LogP contribution in [0.1, 0.15) is 22.8 Å². The maximum Gasteiger partial charge on any atom is 0.313 e. The standard InChI is InChI=1S/C11H15N5O2S/c1-6-8(7(2)13-12-6)4-9-14-15-11(16(9)3)19-5-10(17)18/h4-5H2,1-3H3,(H,12,13)(H,17,18). The van der Waals surface area contributed by atoms with Gasteiger partial charge in [0.05, 0.1) is 11.4 Å². The van der Waals surface area contributed by atoms with Crippen LogP contribution < -0.4 is 0 Å². The quantitative estimate of drug-likeness (QED) is 0.791. The number of carboxylic acid groups (broad SMARTS) is 1. The maximum atomic E-state index is 10.5. The largest absolute Gasteiger partial charge is 0.481 e. The van der Waals surface area contributed by atoms with E-state index in [1.165, 1.54) is 0 Å². The number of hydrogen-bond donors (Lipinski definition) is 2. The molecule has 0 fully saturated rings. The van der Waals surface area contributed by atoms with Gasteiger partial charge in [0.15, 0.2) is 5.16 Å². The summed E-state index contributed by atoms with van der Waals surface area (Å²) >= 11 is 1.16. The number of aliphatic carboxylic acids is 1. The van der Waals surface area contributed by atoms with Gasteiger partial charge in [-0.05, 0) is 13.8 Å². The minimum Gasteiger partial charge on any atom is -0.481 e. The molecule has 0 amide bonds.